The van der Waals surface area contributed by atoms with Gasteiger partial charge in [-0.15, -0.1) is 5.10 Å². The van der Waals surface area contributed by atoms with E-state index < -0.39 is 5.97 Å². The maximum Gasteiger partial charge on any atom is 0.323 e. The average molecular weight is 275 g/mol. The van der Waals surface area contributed by atoms with Crippen LogP contribution in [0.2, 0.25) is 0 Å². The van der Waals surface area contributed by atoms with Gasteiger partial charge in [-0.1, -0.05) is 18.2 Å². The second-order valence-corrected chi connectivity index (χ2v) is 4.72. The number of carboxylic acids is 1. The van der Waals surface area contributed by atoms with Gasteiger partial charge in [0.05, 0.1) is 12.6 Å². The first kappa shape index (κ1) is 14.0. The SMILES string of the molecule is CC(C)n1nnnc1CN(CC(=O)O)c1ccccc1. The Kier molecular flexibility index (Phi) is 4.29. The van der Waals surface area contributed by atoms with E-state index in [2.05, 4.69) is 15.5 Å². The van der Waals surface area contributed by atoms with Crippen LogP contribution in [0.1, 0.15) is 25.7 Å². The lowest BCUT2D eigenvalue weighted by Gasteiger charge is -2.22. The summed E-state index contributed by atoms with van der Waals surface area (Å²) in [6.45, 7) is 4.20. The monoisotopic (exact) mass is 275 g/mol. The fourth-order valence-corrected chi connectivity index (χ4v) is 1.93. The van der Waals surface area contributed by atoms with Gasteiger partial charge in [0.15, 0.2) is 5.82 Å². The molecule has 20 heavy (non-hydrogen) atoms. The van der Waals surface area contributed by atoms with Crippen molar-refractivity contribution in [3.63, 3.8) is 0 Å². The number of aliphatic carboxylic acids is 1. The number of rotatable bonds is 6. The van der Waals surface area contributed by atoms with Crippen molar-refractivity contribution in [3.05, 3.63) is 36.2 Å². The van der Waals surface area contributed by atoms with Crippen LogP contribution in [0.15, 0.2) is 30.3 Å². The van der Waals surface area contributed by atoms with E-state index >= 15 is 0 Å². The molecule has 0 aliphatic carbocycles. The molecule has 1 heterocycles. The number of hydrogen-bond donors (Lipinski definition) is 1. The van der Waals surface area contributed by atoms with Gasteiger partial charge in [-0.3, -0.25) is 4.79 Å². The number of nitrogens with zero attached hydrogens (tertiary/aromatic N) is 5. The van der Waals surface area contributed by atoms with Crippen LogP contribution in [-0.4, -0.2) is 37.8 Å². The molecule has 0 aliphatic heterocycles. The highest BCUT2D eigenvalue weighted by Gasteiger charge is 2.16. The highest BCUT2D eigenvalue weighted by atomic mass is 16.4. The van der Waals surface area contributed by atoms with Gasteiger partial charge in [-0.2, -0.15) is 0 Å². The molecule has 0 saturated heterocycles. The van der Waals surface area contributed by atoms with Gasteiger partial charge in [-0.25, -0.2) is 4.68 Å². The number of para-hydroxylation sites is 1. The van der Waals surface area contributed by atoms with E-state index in [-0.39, 0.29) is 12.6 Å². The molecule has 1 aromatic carbocycles. The van der Waals surface area contributed by atoms with E-state index in [0.717, 1.165) is 5.69 Å². The maximum atomic E-state index is 11.0. The van der Waals surface area contributed by atoms with Gasteiger partial charge in [0.1, 0.15) is 6.54 Å². The molecule has 106 valence electrons. The van der Waals surface area contributed by atoms with E-state index in [9.17, 15) is 4.79 Å². The molecule has 1 N–H and O–H groups in total. The van der Waals surface area contributed by atoms with E-state index in [1.54, 1.807) is 9.58 Å². The summed E-state index contributed by atoms with van der Waals surface area (Å²) in [4.78, 5) is 12.8. The first-order valence-corrected chi connectivity index (χ1v) is 6.36. The molecule has 0 fully saturated rings. The number of aromatic nitrogens is 4. The molecule has 0 amide bonds. The summed E-state index contributed by atoms with van der Waals surface area (Å²) in [5.74, 6) is -0.248. The topological polar surface area (TPSA) is 84.1 Å². The molecule has 0 unspecified atom stereocenters. The Hall–Kier alpha value is -2.44. The van der Waals surface area contributed by atoms with Gasteiger partial charge < -0.3 is 10.0 Å². The van der Waals surface area contributed by atoms with Crippen LogP contribution >= 0.6 is 0 Å². The third-order valence-electron chi connectivity index (χ3n) is 2.83. The van der Waals surface area contributed by atoms with Crippen molar-refractivity contribution in [1.82, 2.24) is 20.2 Å². The van der Waals surface area contributed by atoms with Gasteiger partial charge in [0.2, 0.25) is 0 Å². The van der Waals surface area contributed by atoms with Crippen LogP contribution in [-0.2, 0) is 11.3 Å². The summed E-state index contributed by atoms with van der Waals surface area (Å²) < 4.78 is 1.69. The number of benzene rings is 1. The van der Waals surface area contributed by atoms with Gasteiger partial charge >= 0.3 is 5.97 Å². The summed E-state index contributed by atoms with van der Waals surface area (Å²) in [7, 11) is 0. The van der Waals surface area contributed by atoms with Gasteiger partial charge in [-0.05, 0) is 36.4 Å². The Morgan fingerprint density at radius 2 is 2.05 bits per heavy atom. The Morgan fingerprint density at radius 3 is 2.65 bits per heavy atom. The molecule has 0 spiro atoms. The van der Waals surface area contributed by atoms with Crippen LogP contribution in [0.5, 0.6) is 0 Å². The van der Waals surface area contributed by atoms with Crippen molar-refractivity contribution < 1.29 is 9.90 Å². The molecule has 0 aliphatic rings. The fourth-order valence-electron chi connectivity index (χ4n) is 1.93. The minimum atomic E-state index is -0.891. The lowest BCUT2D eigenvalue weighted by Crippen LogP contribution is -2.30. The third kappa shape index (κ3) is 3.31. The van der Waals surface area contributed by atoms with Crippen molar-refractivity contribution in [2.75, 3.05) is 11.4 Å². The van der Waals surface area contributed by atoms with Crippen LogP contribution in [0.3, 0.4) is 0 Å². The highest BCUT2D eigenvalue weighted by Crippen LogP contribution is 2.16. The Labute approximate surface area is 116 Å². The van der Waals surface area contributed by atoms with Gasteiger partial charge in [0, 0.05) is 5.69 Å². The largest absolute Gasteiger partial charge is 0.480 e. The number of anilines is 1. The molecule has 7 nitrogen and oxygen atoms in total. The smallest absolute Gasteiger partial charge is 0.323 e. The number of carboxylic acid groups (broad SMARTS) is 1. The third-order valence-corrected chi connectivity index (χ3v) is 2.83. The summed E-state index contributed by atoms with van der Waals surface area (Å²) in [6.07, 6.45) is 0. The average Bonchev–Trinajstić information content (AvgIpc) is 2.87. The summed E-state index contributed by atoms with van der Waals surface area (Å²) >= 11 is 0. The van der Waals surface area contributed by atoms with Crippen LogP contribution in [0.25, 0.3) is 0 Å². The van der Waals surface area contributed by atoms with Gasteiger partial charge in [0.25, 0.3) is 0 Å². The maximum absolute atomic E-state index is 11.0. The van der Waals surface area contributed by atoms with E-state index in [1.807, 2.05) is 44.2 Å². The highest BCUT2D eigenvalue weighted by molar-refractivity contribution is 5.73. The lowest BCUT2D eigenvalue weighted by atomic mass is 10.2. The molecule has 0 bridgehead atoms. The summed E-state index contributed by atoms with van der Waals surface area (Å²) in [6, 6.07) is 9.49. The predicted octanol–water partition coefficient (Wildman–Crippen LogP) is 1.35. The lowest BCUT2D eigenvalue weighted by molar-refractivity contribution is -0.135. The van der Waals surface area contributed by atoms with Crippen molar-refractivity contribution >= 4 is 11.7 Å². The molecule has 0 saturated carbocycles. The molecule has 0 atom stereocenters. The zero-order valence-electron chi connectivity index (χ0n) is 11.5. The zero-order chi connectivity index (χ0) is 14.5. The predicted molar refractivity (Wildman–Crippen MR) is 73.3 cm³/mol. The van der Waals surface area contributed by atoms with Crippen LogP contribution in [0.4, 0.5) is 5.69 Å². The minimum Gasteiger partial charge on any atom is -0.480 e. The van der Waals surface area contributed by atoms with E-state index in [1.165, 1.54) is 0 Å². The molecule has 2 rings (SSSR count). The normalized spacial score (nSPS) is 10.8. The first-order valence-electron chi connectivity index (χ1n) is 6.36. The van der Waals surface area contributed by atoms with Crippen molar-refractivity contribution in [1.29, 1.82) is 0 Å². The molecule has 2 aromatic rings. The Morgan fingerprint density at radius 1 is 1.35 bits per heavy atom. The van der Waals surface area contributed by atoms with E-state index in [0.29, 0.717) is 12.4 Å². The second-order valence-electron chi connectivity index (χ2n) is 4.72. The van der Waals surface area contributed by atoms with Crippen molar-refractivity contribution in [3.8, 4) is 0 Å². The van der Waals surface area contributed by atoms with Crippen LogP contribution in [0, 0.1) is 0 Å². The number of hydrogen-bond acceptors (Lipinski definition) is 5. The Balaban J connectivity index is 2.24. The minimum absolute atomic E-state index is 0.102. The Bertz CT molecular complexity index is 567. The zero-order valence-corrected chi connectivity index (χ0v) is 11.5. The summed E-state index contributed by atoms with van der Waals surface area (Å²) in [5, 5.41) is 20.6. The number of tetrazole rings is 1. The van der Waals surface area contributed by atoms with Crippen molar-refractivity contribution in [2.45, 2.75) is 26.4 Å². The standard InChI is InChI=1S/C13H17N5O2/c1-10(2)18-12(14-15-16-18)8-17(9-13(19)20)11-6-4-3-5-7-11/h3-7,10H,8-9H2,1-2H3,(H,19,20). The first-order chi connectivity index (χ1) is 9.58. The molecule has 7 heteroatoms. The second kappa shape index (κ2) is 6.14. The summed E-state index contributed by atoms with van der Waals surface area (Å²) in [5.41, 5.74) is 0.827. The quantitative estimate of drug-likeness (QED) is 0.856. The van der Waals surface area contributed by atoms with E-state index in [4.69, 9.17) is 5.11 Å². The fraction of sp³-hybridized carbons (Fsp3) is 0.385. The van der Waals surface area contributed by atoms with Crippen LogP contribution < -0.4 is 4.90 Å². The van der Waals surface area contributed by atoms with Crippen molar-refractivity contribution in [2.24, 2.45) is 0 Å². The number of carbonyl (C=O) groups is 1. The molecule has 1 aromatic heterocycles. The molecule has 0 radical (unpaired) electrons. The molecular formula is C13H17N5O2. The molecular weight excluding hydrogens is 258 g/mol.